The standard InChI is InChI=1S/C16H18N4O3S3/c1-19(8-14-17-12-4-2-3-5-13(12)25-14)10-20-16(24)23-15(18-20)11-6-7-26(21,22)9-11/h2-5,11H,6-10H2,1H3/t11-/m1/s1. The number of nitrogens with zero attached hydrogens (tertiary/aromatic N) is 4. The molecule has 0 radical (unpaired) electrons. The number of rotatable bonds is 5. The highest BCUT2D eigenvalue weighted by Gasteiger charge is 2.32. The van der Waals surface area contributed by atoms with Crippen molar-refractivity contribution in [1.82, 2.24) is 19.7 Å². The molecule has 1 fully saturated rings. The van der Waals surface area contributed by atoms with E-state index < -0.39 is 9.84 Å². The molecular formula is C16H18N4O3S3. The molecule has 0 N–H and O–H groups in total. The molecule has 0 spiro atoms. The van der Waals surface area contributed by atoms with E-state index in [4.69, 9.17) is 16.6 Å². The van der Waals surface area contributed by atoms with Crippen molar-refractivity contribution in [2.75, 3.05) is 18.6 Å². The molecule has 0 bridgehead atoms. The van der Waals surface area contributed by atoms with Crippen LogP contribution in [0.3, 0.4) is 0 Å². The first-order chi connectivity index (χ1) is 12.4. The SMILES string of the molecule is CN(Cc1nc2ccccc2s1)Cn1nc([C@@H]2CCS(=O)(=O)C2)oc1=S. The van der Waals surface area contributed by atoms with Gasteiger partial charge in [-0.25, -0.2) is 18.1 Å². The van der Waals surface area contributed by atoms with Crippen LogP contribution in [-0.4, -0.2) is 46.6 Å². The summed E-state index contributed by atoms with van der Waals surface area (Å²) in [7, 11) is -1.02. The fraction of sp³-hybridized carbons (Fsp3) is 0.438. The Morgan fingerprint density at radius 3 is 2.96 bits per heavy atom. The van der Waals surface area contributed by atoms with E-state index in [1.165, 1.54) is 4.70 Å². The first-order valence-corrected chi connectivity index (χ1v) is 11.3. The van der Waals surface area contributed by atoms with Gasteiger partial charge in [-0.15, -0.1) is 16.4 Å². The molecular weight excluding hydrogens is 392 g/mol. The lowest BCUT2D eigenvalue weighted by Crippen LogP contribution is -2.22. The van der Waals surface area contributed by atoms with Crippen molar-refractivity contribution in [3.63, 3.8) is 0 Å². The number of benzene rings is 1. The molecule has 3 aromatic rings. The van der Waals surface area contributed by atoms with E-state index in [0.717, 1.165) is 10.5 Å². The number of thiazole rings is 1. The van der Waals surface area contributed by atoms with Crippen LogP contribution in [0.2, 0.25) is 0 Å². The van der Waals surface area contributed by atoms with Crippen molar-refractivity contribution in [1.29, 1.82) is 0 Å². The van der Waals surface area contributed by atoms with Gasteiger partial charge in [0.1, 0.15) is 5.01 Å². The third-order valence-corrected chi connectivity index (χ3v) is 7.41. The van der Waals surface area contributed by atoms with Gasteiger partial charge in [0.25, 0.3) is 4.84 Å². The Bertz CT molecular complexity index is 1070. The number of sulfone groups is 1. The van der Waals surface area contributed by atoms with E-state index in [1.807, 2.05) is 30.1 Å². The average Bonchev–Trinajstić information content (AvgIpc) is 3.24. The second-order valence-corrected chi connectivity index (χ2v) is 10.2. The predicted octanol–water partition coefficient (Wildman–Crippen LogP) is 2.81. The Morgan fingerprint density at radius 2 is 2.23 bits per heavy atom. The number of fused-ring (bicyclic) bond motifs is 1. The van der Waals surface area contributed by atoms with Gasteiger partial charge in [-0.3, -0.25) is 4.90 Å². The van der Waals surface area contributed by atoms with Gasteiger partial charge in [0.05, 0.1) is 40.9 Å². The minimum absolute atomic E-state index is 0.0871. The molecule has 0 amide bonds. The van der Waals surface area contributed by atoms with E-state index >= 15 is 0 Å². The Morgan fingerprint density at radius 1 is 1.42 bits per heavy atom. The minimum atomic E-state index is -2.98. The molecule has 1 aliphatic rings. The third kappa shape index (κ3) is 3.73. The number of aromatic nitrogens is 3. The summed E-state index contributed by atoms with van der Waals surface area (Å²) in [4.78, 5) is 6.94. The van der Waals surface area contributed by atoms with Crippen molar-refractivity contribution < 1.29 is 12.8 Å². The maximum atomic E-state index is 11.6. The van der Waals surface area contributed by atoms with Crippen LogP contribution < -0.4 is 0 Å². The fourth-order valence-electron chi connectivity index (χ4n) is 3.06. The highest BCUT2D eigenvalue weighted by Crippen LogP contribution is 2.28. The summed E-state index contributed by atoms with van der Waals surface area (Å²) < 4.78 is 31.6. The number of hydrogen-bond acceptors (Lipinski definition) is 8. The summed E-state index contributed by atoms with van der Waals surface area (Å²) >= 11 is 6.91. The Balaban J connectivity index is 1.46. The molecule has 1 atom stereocenters. The first-order valence-electron chi connectivity index (χ1n) is 8.21. The Hall–Kier alpha value is -1.62. The van der Waals surface area contributed by atoms with Crippen LogP contribution >= 0.6 is 23.6 Å². The molecule has 3 heterocycles. The van der Waals surface area contributed by atoms with E-state index in [-0.39, 0.29) is 22.3 Å². The number of para-hydroxylation sites is 1. The molecule has 0 saturated carbocycles. The van der Waals surface area contributed by atoms with Gasteiger partial charge < -0.3 is 4.42 Å². The Kier molecular flexibility index (Phi) is 4.68. The van der Waals surface area contributed by atoms with Gasteiger partial charge in [0.15, 0.2) is 9.84 Å². The third-order valence-electron chi connectivity index (χ3n) is 4.32. The summed E-state index contributed by atoms with van der Waals surface area (Å²) in [6.07, 6.45) is 0.541. The Labute approximate surface area is 160 Å². The van der Waals surface area contributed by atoms with Crippen molar-refractivity contribution in [2.24, 2.45) is 0 Å². The molecule has 0 unspecified atom stereocenters. The van der Waals surface area contributed by atoms with Crippen LogP contribution in [-0.2, 0) is 23.1 Å². The molecule has 2 aromatic heterocycles. The van der Waals surface area contributed by atoms with Gasteiger partial charge in [0, 0.05) is 0 Å². The van der Waals surface area contributed by atoms with Crippen LogP contribution in [0.15, 0.2) is 28.7 Å². The van der Waals surface area contributed by atoms with Gasteiger partial charge >= 0.3 is 0 Å². The van der Waals surface area contributed by atoms with Gasteiger partial charge in [-0.2, -0.15) is 0 Å². The summed E-state index contributed by atoms with van der Waals surface area (Å²) in [5, 5.41) is 5.42. The molecule has 4 rings (SSSR count). The van der Waals surface area contributed by atoms with Crippen molar-refractivity contribution in [3.8, 4) is 0 Å². The summed E-state index contributed by atoms with van der Waals surface area (Å²) in [6, 6.07) is 8.06. The van der Waals surface area contributed by atoms with Crippen LogP contribution in [0.5, 0.6) is 0 Å². The normalized spacial score (nSPS) is 19.5. The molecule has 138 valence electrons. The predicted molar refractivity (Wildman–Crippen MR) is 102 cm³/mol. The minimum Gasteiger partial charge on any atom is -0.414 e. The molecule has 1 saturated heterocycles. The van der Waals surface area contributed by atoms with E-state index in [0.29, 0.717) is 25.5 Å². The van der Waals surface area contributed by atoms with Gasteiger partial charge in [-0.1, -0.05) is 12.1 Å². The zero-order chi connectivity index (χ0) is 18.3. The smallest absolute Gasteiger partial charge is 0.288 e. The second kappa shape index (κ2) is 6.84. The zero-order valence-electron chi connectivity index (χ0n) is 14.2. The molecule has 0 aliphatic carbocycles. The lowest BCUT2D eigenvalue weighted by Gasteiger charge is -2.13. The monoisotopic (exact) mass is 410 g/mol. The van der Waals surface area contributed by atoms with Gasteiger partial charge in [-0.05, 0) is 37.8 Å². The lowest BCUT2D eigenvalue weighted by molar-refractivity contribution is 0.240. The summed E-state index contributed by atoms with van der Waals surface area (Å²) in [6.45, 7) is 1.12. The highest BCUT2D eigenvalue weighted by atomic mass is 32.2. The van der Waals surface area contributed by atoms with E-state index in [1.54, 1.807) is 16.0 Å². The topological polar surface area (TPSA) is 81.2 Å². The molecule has 26 heavy (non-hydrogen) atoms. The van der Waals surface area contributed by atoms with Gasteiger partial charge in [0.2, 0.25) is 5.89 Å². The lowest BCUT2D eigenvalue weighted by atomic mass is 10.1. The van der Waals surface area contributed by atoms with Crippen molar-refractivity contribution >= 4 is 43.6 Å². The molecule has 7 nitrogen and oxygen atoms in total. The number of hydrogen-bond donors (Lipinski definition) is 0. The molecule has 10 heteroatoms. The van der Waals surface area contributed by atoms with Crippen LogP contribution in [0, 0.1) is 4.84 Å². The zero-order valence-corrected chi connectivity index (χ0v) is 16.6. The van der Waals surface area contributed by atoms with E-state index in [9.17, 15) is 8.42 Å². The summed E-state index contributed by atoms with van der Waals surface area (Å²) in [5.41, 5.74) is 1.00. The molecule has 1 aromatic carbocycles. The van der Waals surface area contributed by atoms with Crippen molar-refractivity contribution in [2.45, 2.75) is 25.6 Å². The van der Waals surface area contributed by atoms with Crippen LogP contribution in [0.4, 0.5) is 0 Å². The van der Waals surface area contributed by atoms with Crippen LogP contribution in [0.1, 0.15) is 23.2 Å². The largest absolute Gasteiger partial charge is 0.414 e. The van der Waals surface area contributed by atoms with Crippen molar-refractivity contribution in [3.05, 3.63) is 40.0 Å². The summed E-state index contributed by atoms with van der Waals surface area (Å²) in [5.74, 6) is 0.496. The molecule has 1 aliphatic heterocycles. The van der Waals surface area contributed by atoms with E-state index in [2.05, 4.69) is 16.1 Å². The quantitative estimate of drug-likeness (QED) is 0.598. The van der Waals surface area contributed by atoms with Crippen LogP contribution in [0.25, 0.3) is 10.2 Å². The fourth-order valence-corrected chi connectivity index (χ4v) is 6.03. The highest BCUT2D eigenvalue weighted by molar-refractivity contribution is 7.91. The maximum Gasteiger partial charge on any atom is 0.288 e. The first kappa shape index (κ1) is 17.8. The second-order valence-electron chi connectivity index (χ2n) is 6.54. The average molecular weight is 411 g/mol. The maximum absolute atomic E-state index is 11.6.